The summed E-state index contributed by atoms with van der Waals surface area (Å²) in [7, 11) is 4.38. The van der Waals surface area contributed by atoms with Gasteiger partial charge in [-0.05, 0) is 72.5 Å². The number of rotatable bonds is 15. The average Bonchev–Trinajstić information content (AvgIpc) is 3.38. The quantitative estimate of drug-likeness (QED) is 0.125. The highest BCUT2D eigenvalue weighted by Crippen LogP contribution is 2.44. The lowest BCUT2D eigenvalue weighted by molar-refractivity contribution is -0.127. The van der Waals surface area contributed by atoms with Gasteiger partial charge in [-0.1, -0.05) is 80.9 Å². The van der Waals surface area contributed by atoms with Crippen molar-refractivity contribution >= 4 is 32.7 Å². The smallest absolute Gasteiger partial charge is 0.407 e. The molecule has 2 amide bonds. The number of nitrogens with one attached hydrogen (secondary N) is 3. The number of ketones is 1. The van der Waals surface area contributed by atoms with Crippen LogP contribution in [0.1, 0.15) is 62.1 Å². The highest BCUT2D eigenvalue weighted by atomic mass is 31.0. The Morgan fingerprint density at radius 1 is 0.909 bits per heavy atom. The summed E-state index contributed by atoms with van der Waals surface area (Å²) in [4.78, 5) is 39.4. The largest absolute Gasteiger partial charge is 0.449 e. The SMILES string of the molecule is CC.CNCCCC[C@H](CC(=O)[C@H](CP)NC(=O)OCC1c2ccccc2-c2ccccc21)C(=O)Nc1ccc(CO)cc1. The number of anilines is 1. The fraction of sp³-hybridized carbons (Fsp3) is 0.400. The summed E-state index contributed by atoms with van der Waals surface area (Å²) in [6.07, 6.45) is 1.85. The van der Waals surface area contributed by atoms with Gasteiger partial charge in [-0.2, -0.15) is 0 Å². The minimum atomic E-state index is -0.790. The number of benzene rings is 3. The topological polar surface area (TPSA) is 117 Å². The minimum absolute atomic E-state index is 0.00281. The lowest BCUT2D eigenvalue weighted by atomic mass is 9.92. The van der Waals surface area contributed by atoms with Gasteiger partial charge in [-0.3, -0.25) is 9.59 Å². The third kappa shape index (κ3) is 9.46. The molecule has 0 aromatic heterocycles. The van der Waals surface area contributed by atoms with Gasteiger partial charge in [0, 0.05) is 23.9 Å². The molecule has 4 N–H and O–H groups in total. The molecule has 0 aliphatic heterocycles. The summed E-state index contributed by atoms with van der Waals surface area (Å²) >= 11 is 0. The molecular formula is C35H46N3O5P. The predicted molar refractivity (Wildman–Crippen MR) is 180 cm³/mol. The van der Waals surface area contributed by atoms with Gasteiger partial charge in [-0.15, -0.1) is 9.24 Å². The molecule has 3 aromatic rings. The Bertz CT molecular complexity index is 1320. The molecule has 44 heavy (non-hydrogen) atoms. The van der Waals surface area contributed by atoms with Crippen LogP contribution in [-0.4, -0.2) is 55.3 Å². The fourth-order valence-electron chi connectivity index (χ4n) is 5.39. The Balaban J connectivity index is 0.00000259. The van der Waals surface area contributed by atoms with Gasteiger partial charge < -0.3 is 25.8 Å². The zero-order chi connectivity index (χ0) is 31.9. The number of alkyl carbamates (subject to hydrolysis) is 1. The summed E-state index contributed by atoms with van der Waals surface area (Å²) < 4.78 is 5.65. The van der Waals surface area contributed by atoms with Crippen molar-refractivity contribution in [2.24, 2.45) is 5.92 Å². The molecule has 0 saturated carbocycles. The maximum atomic E-state index is 13.3. The first-order valence-corrected chi connectivity index (χ1v) is 16.3. The van der Waals surface area contributed by atoms with Gasteiger partial charge in [0.1, 0.15) is 6.61 Å². The van der Waals surface area contributed by atoms with Crippen molar-refractivity contribution in [1.29, 1.82) is 0 Å². The third-order valence-corrected chi connectivity index (χ3v) is 8.18. The van der Waals surface area contributed by atoms with Crippen molar-refractivity contribution in [3.8, 4) is 11.1 Å². The Labute approximate surface area is 263 Å². The standard InChI is InChI=1S/C33H40N3O5P.C2H6/c1-34-17-7-6-8-23(32(39)35-24-15-13-22(19-37)14-16-24)18-31(38)30(21-42)36-33(40)41-20-29-27-11-4-2-9-25(27)26-10-3-5-12-28(26)29;1-2/h2-5,9-16,23,29-30,34,37H,6-8,17-21,42H2,1H3,(H,35,39)(H,36,40);1-2H3/t23-,30+;/m1./s1. The van der Waals surface area contributed by atoms with Crippen LogP contribution in [0.5, 0.6) is 0 Å². The summed E-state index contributed by atoms with van der Waals surface area (Å²) in [6.45, 7) is 4.90. The average molecular weight is 620 g/mol. The van der Waals surface area contributed by atoms with Gasteiger partial charge in [0.25, 0.3) is 0 Å². The first kappa shape index (κ1) is 34.9. The highest BCUT2D eigenvalue weighted by Gasteiger charge is 2.30. The number of unbranched alkanes of at least 4 members (excludes halogenated alkanes) is 1. The Kier molecular flexibility index (Phi) is 14.5. The van der Waals surface area contributed by atoms with E-state index in [0.29, 0.717) is 18.3 Å². The molecule has 0 heterocycles. The second kappa shape index (κ2) is 18.3. The van der Waals surface area contributed by atoms with E-state index in [1.54, 1.807) is 24.3 Å². The lowest BCUT2D eigenvalue weighted by Gasteiger charge is -2.21. The second-order valence-corrected chi connectivity index (χ2v) is 11.0. The Morgan fingerprint density at radius 2 is 1.52 bits per heavy atom. The van der Waals surface area contributed by atoms with E-state index in [1.807, 2.05) is 45.2 Å². The molecule has 0 radical (unpaired) electrons. The molecule has 1 aliphatic carbocycles. The zero-order valence-electron chi connectivity index (χ0n) is 26.0. The molecule has 4 rings (SSSR count). The molecule has 9 heteroatoms. The van der Waals surface area contributed by atoms with E-state index in [-0.39, 0.29) is 37.2 Å². The molecule has 0 saturated heterocycles. The Hall–Kier alpha value is -3.58. The van der Waals surface area contributed by atoms with Gasteiger partial charge in [0.2, 0.25) is 5.91 Å². The molecule has 3 aromatic carbocycles. The van der Waals surface area contributed by atoms with E-state index in [9.17, 15) is 19.5 Å². The first-order chi connectivity index (χ1) is 21.4. The van der Waals surface area contributed by atoms with Crippen LogP contribution < -0.4 is 16.0 Å². The zero-order valence-corrected chi connectivity index (χ0v) is 27.1. The van der Waals surface area contributed by atoms with Crippen molar-refractivity contribution < 1.29 is 24.2 Å². The number of fused-ring (bicyclic) bond motifs is 3. The van der Waals surface area contributed by atoms with Crippen LogP contribution >= 0.6 is 9.24 Å². The van der Waals surface area contributed by atoms with E-state index >= 15 is 0 Å². The fourth-order valence-corrected chi connectivity index (χ4v) is 5.78. The highest BCUT2D eigenvalue weighted by molar-refractivity contribution is 7.16. The predicted octanol–water partition coefficient (Wildman–Crippen LogP) is 5.89. The molecule has 1 aliphatic rings. The normalized spacial score (nSPS) is 13.0. The molecular weight excluding hydrogens is 573 g/mol. The number of carbonyl (C=O) groups excluding carboxylic acids is 3. The second-order valence-electron chi connectivity index (χ2n) is 10.6. The van der Waals surface area contributed by atoms with Crippen molar-refractivity contribution in [2.75, 3.05) is 31.7 Å². The van der Waals surface area contributed by atoms with Crippen molar-refractivity contribution in [3.63, 3.8) is 0 Å². The molecule has 1 unspecified atom stereocenters. The number of aliphatic hydroxyl groups is 1. The summed E-state index contributed by atoms with van der Waals surface area (Å²) in [5, 5.41) is 18.0. The van der Waals surface area contributed by atoms with Crippen LogP contribution in [-0.2, 0) is 20.9 Å². The summed E-state index contributed by atoms with van der Waals surface area (Å²) in [5.41, 5.74) is 5.86. The van der Waals surface area contributed by atoms with Crippen LogP contribution in [0, 0.1) is 5.92 Å². The number of ether oxygens (including phenoxy) is 1. The van der Waals surface area contributed by atoms with Crippen LogP contribution in [0.15, 0.2) is 72.8 Å². The van der Waals surface area contributed by atoms with Gasteiger partial charge in [0.15, 0.2) is 5.78 Å². The number of hydrogen-bond donors (Lipinski definition) is 4. The van der Waals surface area contributed by atoms with E-state index in [2.05, 4.69) is 49.5 Å². The third-order valence-electron chi connectivity index (χ3n) is 7.71. The molecule has 0 spiro atoms. The summed E-state index contributed by atoms with van der Waals surface area (Å²) in [5.74, 6) is -1.09. The minimum Gasteiger partial charge on any atom is -0.449 e. The number of Topliss-reactive ketones (excluding diaryl/α,β-unsaturated/α-hetero) is 1. The molecule has 8 nitrogen and oxygen atoms in total. The molecule has 0 fully saturated rings. The van der Waals surface area contributed by atoms with E-state index in [1.165, 1.54) is 0 Å². The van der Waals surface area contributed by atoms with Crippen LogP contribution in [0.3, 0.4) is 0 Å². The number of carbonyl (C=O) groups is 3. The maximum Gasteiger partial charge on any atom is 0.407 e. The lowest BCUT2D eigenvalue weighted by Crippen LogP contribution is -2.44. The van der Waals surface area contributed by atoms with Crippen molar-refractivity contribution in [1.82, 2.24) is 10.6 Å². The summed E-state index contributed by atoms with van der Waals surface area (Å²) in [6, 6.07) is 22.4. The van der Waals surface area contributed by atoms with Crippen LogP contribution in [0.4, 0.5) is 10.5 Å². The van der Waals surface area contributed by atoms with Crippen LogP contribution in [0.2, 0.25) is 0 Å². The molecule has 236 valence electrons. The van der Waals surface area contributed by atoms with Gasteiger partial charge in [0.05, 0.1) is 12.6 Å². The van der Waals surface area contributed by atoms with Crippen molar-refractivity contribution in [3.05, 3.63) is 89.5 Å². The van der Waals surface area contributed by atoms with Gasteiger partial charge >= 0.3 is 6.09 Å². The Morgan fingerprint density at radius 3 is 2.09 bits per heavy atom. The van der Waals surface area contributed by atoms with Crippen molar-refractivity contribution in [2.45, 2.75) is 58.1 Å². The first-order valence-electron chi connectivity index (χ1n) is 15.4. The number of amides is 2. The van der Waals surface area contributed by atoms with E-state index in [4.69, 9.17) is 4.74 Å². The molecule has 3 atom stereocenters. The number of aliphatic hydroxyl groups excluding tert-OH is 1. The van der Waals surface area contributed by atoms with Gasteiger partial charge in [-0.25, -0.2) is 4.79 Å². The van der Waals surface area contributed by atoms with E-state index < -0.39 is 18.1 Å². The number of hydrogen-bond acceptors (Lipinski definition) is 6. The monoisotopic (exact) mass is 619 g/mol. The van der Waals surface area contributed by atoms with Crippen LogP contribution in [0.25, 0.3) is 11.1 Å². The molecule has 0 bridgehead atoms. The maximum absolute atomic E-state index is 13.3. The van der Waals surface area contributed by atoms with E-state index in [0.717, 1.165) is 47.2 Å².